The zero-order valence-corrected chi connectivity index (χ0v) is 24.2. The molecule has 0 radical (unpaired) electrons. The van der Waals surface area contributed by atoms with Crippen LogP contribution in [0.5, 0.6) is 0 Å². The van der Waals surface area contributed by atoms with Gasteiger partial charge in [0.15, 0.2) is 0 Å². The zero-order chi connectivity index (χ0) is 23.8. The molecule has 0 N–H and O–H groups in total. The molecule has 178 valence electrons. The predicted molar refractivity (Wildman–Crippen MR) is 139 cm³/mol. The van der Waals surface area contributed by atoms with Crippen LogP contribution in [0.1, 0.15) is 51.0 Å². The topological polar surface area (TPSA) is 80.8 Å². The Morgan fingerprint density at radius 1 is 1.09 bits per heavy atom. The van der Waals surface area contributed by atoms with Gasteiger partial charge in [0.05, 0.1) is 15.0 Å². The molecule has 1 fully saturated rings. The van der Waals surface area contributed by atoms with Crippen LogP contribution in [0, 0.1) is 0 Å². The average molecular weight is 529 g/mol. The summed E-state index contributed by atoms with van der Waals surface area (Å²) in [6.45, 7) is 3.43. The first kappa shape index (κ1) is 29.3. The summed E-state index contributed by atoms with van der Waals surface area (Å²) < 4.78 is 33.1. The van der Waals surface area contributed by atoms with Crippen LogP contribution in [0.15, 0.2) is 53.6 Å². The molecule has 0 atom stereocenters. The normalized spacial score (nSPS) is 18.1. The average Bonchev–Trinajstić information content (AvgIpc) is 3.05. The molecule has 34 heavy (non-hydrogen) atoms. The number of benzene rings is 1. The maximum Gasteiger partial charge on any atom is 1.00 e. The van der Waals surface area contributed by atoms with E-state index in [1.807, 2.05) is 30.5 Å². The van der Waals surface area contributed by atoms with Crippen molar-refractivity contribution >= 4 is 55.6 Å². The fourth-order valence-corrected chi connectivity index (χ4v) is 5.61. The predicted octanol–water partition coefficient (Wildman–Crippen LogP) is 2.06. The smallest absolute Gasteiger partial charge is 0.748 e. The second-order valence-corrected chi connectivity index (χ2v) is 11.2. The van der Waals surface area contributed by atoms with Crippen LogP contribution in [0.4, 0.5) is 5.69 Å². The van der Waals surface area contributed by atoms with Gasteiger partial charge < -0.3 is 9.45 Å². The molecule has 1 amide bonds. The molecule has 0 aliphatic carbocycles. The van der Waals surface area contributed by atoms with E-state index < -0.39 is 10.1 Å². The van der Waals surface area contributed by atoms with Gasteiger partial charge in [-0.2, -0.15) is 0 Å². The first-order valence-corrected chi connectivity index (χ1v) is 14.0. The van der Waals surface area contributed by atoms with Crippen LogP contribution in [0.25, 0.3) is 5.57 Å². The maximum atomic E-state index is 12.5. The van der Waals surface area contributed by atoms with Crippen molar-refractivity contribution in [3.05, 3.63) is 59.2 Å². The molecule has 2 aliphatic heterocycles. The van der Waals surface area contributed by atoms with E-state index in [0.717, 1.165) is 47.4 Å². The summed E-state index contributed by atoms with van der Waals surface area (Å²) in [5, 5.41) is 0. The van der Waals surface area contributed by atoms with E-state index in [9.17, 15) is 17.8 Å². The molecule has 6 nitrogen and oxygen atoms in total. The molecule has 0 aromatic heterocycles. The number of thioether (sulfide) groups is 1. The summed E-state index contributed by atoms with van der Waals surface area (Å²) in [7, 11) is -4.16. The third-order valence-electron chi connectivity index (χ3n) is 5.47. The molecule has 1 aromatic carbocycles. The SMILES string of the molecule is CCCCN1C(=O)/C(=C\CC/C=C2/C=CN(CCCCS(=O)(=O)[O-])c3ccccc32)SC1=S.[Na+]. The van der Waals surface area contributed by atoms with Gasteiger partial charge in [0.2, 0.25) is 0 Å². The molecule has 2 heterocycles. The number of amides is 1. The molecular weight excluding hydrogens is 499 g/mol. The van der Waals surface area contributed by atoms with Crippen molar-refractivity contribution in [2.24, 2.45) is 0 Å². The molecule has 0 bridgehead atoms. The van der Waals surface area contributed by atoms with E-state index in [1.165, 1.54) is 11.8 Å². The number of carbonyl (C=O) groups excluding carboxylic acids is 1. The first-order chi connectivity index (χ1) is 15.8. The van der Waals surface area contributed by atoms with Gasteiger partial charge >= 0.3 is 29.6 Å². The minimum atomic E-state index is -4.16. The maximum absolute atomic E-state index is 12.5. The Labute approximate surface area is 234 Å². The van der Waals surface area contributed by atoms with Gasteiger partial charge in [0.1, 0.15) is 4.32 Å². The molecule has 10 heteroatoms. The van der Waals surface area contributed by atoms with Crippen molar-refractivity contribution in [1.82, 2.24) is 4.90 Å². The summed E-state index contributed by atoms with van der Waals surface area (Å²) in [5.74, 6) is -0.302. The molecule has 1 saturated heterocycles. The van der Waals surface area contributed by atoms with Gasteiger partial charge in [-0.05, 0) is 49.8 Å². The van der Waals surface area contributed by atoms with Crippen LogP contribution in [0.2, 0.25) is 0 Å². The van der Waals surface area contributed by atoms with Crippen LogP contribution < -0.4 is 34.5 Å². The van der Waals surface area contributed by atoms with E-state index in [4.69, 9.17) is 12.2 Å². The van der Waals surface area contributed by atoms with Crippen LogP contribution in [-0.2, 0) is 14.9 Å². The van der Waals surface area contributed by atoms with E-state index >= 15 is 0 Å². The van der Waals surface area contributed by atoms with Gasteiger partial charge in [-0.3, -0.25) is 9.69 Å². The third kappa shape index (κ3) is 8.33. The molecule has 0 saturated carbocycles. The monoisotopic (exact) mass is 528 g/mol. The summed E-state index contributed by atoms with van der Waals surface area (Å²) in [4.78, 5) is 17.1. The van der Waals surface area contributed by atoms with E-state index in [-0.39, 0.29) is 41.2 Å². The quantitative estimate of drug-likeness (QED) is 0.143. The molecule has 0 unspecified atom stereocenters. The van der Waals surface area contributed by atoms with Crippen LogP contribution >= 0.6 is 24.0 Å². The van der Waals surface area contributed by atoms with Gasteiger partial charge in [-0.1, -0.05) is 67.7 Å². The van der Waals surface area contributed by atoms with Crippen molar-refractivity contribution in [2.75, 3.05) is 23.7 Å². The molecule has 3 rings (SSSR count). The number of carbonyl (C=O) groups is 1. The molecular formula is C24H29N2NaO4S3. The molecule has 1 aromatic rings. The summed E-state index contributed by atoms with van der Waals surface area (Å²) >= 11 is 6.74. The Hall–Kier alpha value is -0.940. The number of anilines is 1. The Kier molecular flexibility index (Phi) is 12.0. The van der Waals surface area contributed by atoms with Crippen molar-refractivity contribution in [1.29, 1.82) is 0 Å². The fourth-order valence-electron chi connectivity index (χ4n) is 3.74. The second-order valence-electron chi connectivity index (χ2n) is 7.98. The largest absolute Gasteiger partial charge is 1.00 e. The number of fused-ring (bicyclic) bond motifs is 1. The first-order valence-electron chi connectivity index (χ1n) is 11.2. The van der Waals surface area contributed by atoms with Crippen LogP contribution in [0.3, 0.4) is 0 Å². The van der Waals surface area contributed by atoms with Crippen molar-refractivity contribution in [3.63, 3.8) is 0 Å². The molecule has 2 aliphatic rings. The van der Waals surface area contributed by atoms with E-state index in [0.29, 0.717) is 30.3 Å². The number of rotatable bonds is 11. The fraction of sp³-hybridized carbons (Fsp3) is 0.417. The number of thiocarbonyl (C=S) groups is 1. The minimum Gasteiger partial charge on any atom is -0.748 e. The summed E-state index contributed by atoms with van der Waals surface area (Å²) in [6, 6.07) is 8.08. The van der Waals surface area contributed by atoms with E-state index in [1.54, 1.807) is 4.90 Å². The zero-order valence-electron chi connectivity index (χ0n) is 19.7. The molecule has 0 spiro atoms. The van der Waals surface area contributed by atoms with Gasteiger partial charge in [-0.25, -0.2) is 8.42 Å². The number of unbranched alkanes of at least 4 members (excludes halogenated alkanes) is 3. The Bertz CT molecular complexity index is 1080. The van der Waals surface area contributed by atoms with Crippen LogP contribution in [-0.4, -0.2) is 46.9 Å². The van der Waals surface area contributed by atoms with Gasteiger partial charge in [-0.15, -0.1) is 0 Å². The standard InChI is InChI=1S/C24H30N2O4S3.Na/c1-2-3-16-26-23(27)22(32-24(26)31)13-7-4-10-19-14-17-25(15-8-9-18-33(28,29)30)21-12-6-5-11-20(19)21;/h5-6,10-14,17H,2-4,7-9,15-16,18H2,1H3,(H,28,29,30);/q;+1/p-1/b19-10-,22-13+;. The number of allylic oxidation sites excluding steroid dienone is 4. The number of nitrogens with zero attached hydrogens (tertiary/aromatic N) is 2. The van der Waals surface area contributed by atoms with Crippen molar-refractivity contribution in [3.8, 4) is 0 Å². The number of hydrogen-bond donors (Lipinski definition) is 0. The summed E-state index contributed by atoms with van der Waals surface area (Å²) in [6.07, 6.45) is 12.7. The Morgan fingerprint density at radius 2 is 1.82 bits per heavy atom. The van der Waals surface area contributed by atoms with Gasteiger partial charge in [0, 0.05) is 36.3 Å². The van der Waals surface area contributed by atoms with Crippen molar-refractivity contribution in [2.45, 2.75) is 45.4 Å². The Balaban J connectivity index is 0.00000408. The van der Waals surface area contributed by atoms with Crippen molar-refractivity contribution < 1.29 is 47.3 Å². The van der Waals surface area contributed by atoms with E-state index in [2.05, 4.69) is 30.0 Å². The minimum absolute atomic E-state index is 0. The third-order valence-corrected chi connectivity index (χ3v) is 7.69. The summed E-state index contributed by atoms with van der Waals surface area (Å²) in [5.41, 5.74) is 3.29. The number of hydrogen-bond acceptors (Lipinski definition) is 7. The Morgan fingerprint density at radius 3 is 2.56 bits per heavy atom. The van der Waals surface area contributed by atoms with Gasteiger partial charge in [0.25, 0.3) is 5.91 Å². The second kappa shape index (κ2) is 14.0. The number of para-hydroxylation sites is 1.